The van der Waals surface area contributed by atoms with Crippen LogP contribution in [0.15, 0.2) is 64.1 Å². The van der Waals surface area contributed by atoms with E-state index in [0.29, 0.717) is 24.9 Å². The second-order valence-corrected chi connectivity index (χ2v) is 11.5. The lowest BCUT2D eigenvalue weighted by Gasteiger charge is -2.28. The Morgan fingerprint density at radius 3 is 2.47 bits per heavy atom. The molecule has 1 aliphatic heterocycles. The Balaban J connectivity index is 1.28. The third kappa shape index (κ3) is 6.87. The number of halogens is 3. The van der Waals surface area contributed by atoms with E-state index >= 15 is 0 Å². The number of carbonyl (C=O) groups excluding carboxylic acids is 2. The van der Waals surface area contributed by atoms with E-state index in [-0.39, 0.29) is 29.6 Å². The fourth-order valence-corrected chi connectivity index (χ4v) is 5.49. The van der Waals surface area contributed by atoms with Gasteiger partial charge in [0.25, 0.3) is 16.8 Å². The summed E-state index contributed by atoms with van der Waals surface area (Å²) in [6.07, 6.45) is -3.72. The van der Waals surface area contributed by atoms with Crippen LogP contribution in [0.1, 0.15) is 31.0 Å². The van der Waals surface area contributed by atoms with Gasteiger partial charge in [-0.05, 0) is 50.1 Å². The van der Waals surface area contributed by atoms with Gasteiger partial charge in [-0.2, -0.15) is 22.9 Å². The molecule has 1 unspecified atom stereocenters. The van der Waals surface area contributed by atoms with Crippen molar-refractivity contribution >= 4 is 21.9 Å². The molecule has 1 amide bonds. The number of alkyl halides is 3. The Kier molecular flexibility index (Phi) is 8.00. The van der Waals surface area contributed by atoms with E-state index in [1.54, 1.807) is 29.3 Å². The zero-order valence-electron chi connectivity index (χ0n) is 22.9. The summed E-state index contributed by atoms with van der Waals surface area (Å²) in [4.78, 5) is 29.8. The standard InChI is InChI=1S/C26H27F3N6O7S/c1-17-5-7-19(8-6-17)23-14-24(26(27,28)29)30-33(23)21-9-11-22(12-10-21)43(38,39)31-25(37)20-4-3-13-32(15-20)34-35(42-34)41-16-40-18(2)36/h5-12,14,20H,3-4,13,15-16H2,1-2H3,(H,31,37). The minimum absolute atomic E-state index is 0.121. The lowest BCUT2D eigenvalue weighted by atomic mass is 9.99. The Morgan fingerprint density at radius 2 is 1.81 bits per heavy atom. The van der Waals surface area contributed by atoms with Crippen LogP contribution in [0.3, 0.4) is 0 Å². The Hall–Kier alpha value is -4.67. The number of rotatable bonds is 9. The molecule has 0 aliphatic carbocycles. The summed E-state index contributed by atoms with van der Waals surface area (Å²) in [7, 11) is -4.30. The second kappa shape index (κ2) is 11.5. The minimum Gasteiger partial charge on any atom is -0.426 e. The SMILES string of the molecule is CC(=O)OCOn1on1N1CCCC(C(=O)NS(=O)(=O)c2ccc(-n3nc(C(F)(F)F)cc3-c3ccc(C)cc3)cc2)C1. The second-order valence-electron chi connectivity index (χ2n) is 9.86. The number of sulfonamides is 1. The molecule has 3 heterocycles. The topological polar surface area (TPSA) is 143 Å². The molecule has 1 aliphatic rings. The van der Waals surface area contributed by atoms with Gasteiger partial charge in [-0.1, -0.05) is 29.8 Å². The van der Waals surface area contributed by atoms with Crippen LogP contribution >= 0.6 is 0 Å². The average molecular weight is 625 g/mol. The average Bonchev–Trinajstić information content (AvgIpc) is 3.58. The Labute approximate surface area is 243 Å². The highest BCUT2D eigenvalue weighted by Crippen LogP contribution is 2.33. The van der Waals surface area contributed by atoms with Crippen LogP contribution in [0.25, 0.3) is 16.9 Å². The maximum absolute atomic E-state index is 13.5. The number of nitrogens with zero attached hydrogens (tertiary/aromatic N) is 5. The number of piperidine rings is 1. The van der Waals surface area contributed by atoms with Gasteiger partial charge in [0.15, 0.2) is 5.69 Å². The highest BCUT2D eigenvalue weighted by molar-refractivity contribution is 7.90. The van der Waals surface area contributed by atoms with Crippen molar-refractivity contribution in [2.45, 2.75) is 37.8 Å². The zero-order valence-corrected chi connectivity index (χ0v) is 23.8. The number of benzene rings is 2. The lowest BCUT2D eigenvalue weighted by molar-refractivity contribution is -0.156. The Bertz CT molecular complexity index is 1700. The molecule has 0 spiro atoms. The molecule has 1 atom stereocenters. The molecule has 5 rings (SSSR count). The molecule has 2 aromatic carbocycles. The summed E-state index contributed by atoms with van der Waals surface area (Å²) in [6, 6.07) is 12.8. The van der Waals surface area contributed by atoms with Crippen molar-refractivity contribution in [1.29, 1.82) is 0 Å². The number of esters is 1. The van der Waals surface area contributed by atoms with Crippen molar-refractivity contribution in [3.8, 4) is 16.9 Å². The normalized spacial score (nSPS) is 15.8. The molecular formula is C26H27F3N6O7S. The number of hydrogen-bond donors (Lipinski definition) is 1. The van der Waals surface area contributed by atoms with E-state index in [9.17, 15) is 31.2 Å². The predicted molar refractivity (Wildman–Crippen MR) is 143 cm³/mol. The van der Waals surface area contributed by atoms with Crippen LogP contribution in [0, 0.1) is 12.8 Å². The monoisotopic (exact) mass is 624 g/mol. The molecule has 17 heteroatoms. The Morgan fingerprint density at radius 1 is 1.12 bits per heavy atom. The molecule has 1 fully saturated rings. The van der Waals surface area contributed by atoms with E-state index in [2.05, 4.69) is 14.6 Å². The first-order chi connectivity index (χ1) is 20.3. The predicted octanol–water partition coefficient (Wildman–Crippen LogP) is 2.86. The van der Waals surface area contributed by atoms with Gasteiger partial charge in [0.1, 0.15) is 5.02 Å². The van der Waals surface area contributed by atoms with E-state index in [0.717, 1.165) is 21.3 Å². The summed E-state index contributed by atoms with van der Waals surface area (Å²) < 4.78 is 79.5. The van der Waals surface area contributed by atoms with Gasteiger partial charge in [-0.3, -0.25) is 14.6 Å². The third-order valence-corrected chi connectivity index (χ3v) is 8.03. The molecule has 1 saturated heterocycles. The van der Waals surface area contributed by atoms with E-state index < -0.39 is 39.7 Å². The lowest BCUT2D eigenvalue weighted by Crippen LogP contribution is -2.48. The highest BCUT2D eigenvalue weighted by Gasteiger charge is 2.36. The molecule has 4 aromatic rings. The number of ether oxygens (including phenoxy) is 1. The van der Waals surface area contributed by atoms with Gasteiger partial charge < -0.3 is 9.57 Å². The van der Waals surface area contributed by atoms with Gasteiger partial charge in [0.2, 0.25) is 5.91 Å². The van der Waals surface area contributed by atoms with Crippen molar-refractivity contribution in [2.75, 3.05) is 24.9 Å². The summed E-state index contributed by atoms with van der Waals surface area (Å²) >= 11 is 0. The summed E-state index contributed by atoms with van der Waals surface area (Å²) in [5.41, 5.74) is 0.683. The number of nitrogens with one attached hydrogen (secondary N) is 1. The van der Waals surface area contributed by atoms with Gasteiger partial charge in [-0.25, -0.2) is 17.8 Å². The van der Waals surface area contributed by atoms with Crippen molar-refractivity contribution in [3.63, 3.8) is 0 Å². The van der Waals surface area contributed by atoms with Crippen LogP contribution in [-0.4, -0.2) is 59.9 Å². The van der Waals surface area contributed by atoms with Crippen LogP contribution in [0.4, 0.5) is 13.2 Å². The first-order valence-electron chi connectivity index (χ1n) is 13.0. The smallest absolute Gasteiger partial charge is 0.426 e. The van der Waals surface area contributed by atoms with Crippen LogP contribution in [0.5, 0.6) is 0 Å². The van der Waals surface area contributed by atoms with Crippen molar-refractivity contribution in [2.24, 2.45) is 5.92 Å². The number of hydrogen-bond acceptors (Lipinski definition) is 9. The molecule has 230 valence electrons. The highest BCUT2D eigenvalue weighted by atomic mass is 32.2. The fourth-order valence-electron chi connectivity index (χ4n) is 4.44. The zero-order chi connectivity index (χ0) is 30.9. The quantitative estimate of drug-likeness (QED) is 0.220. The van der Waals surface area contributed by atoms with Gasteiger partial charge in [-0.15, -0.1) is 0 Å². The van der Waals surface area contributed by atoms with Gasteiger partial charge in [0, 0.05) is 24.0 Å². The van der Waals surface area contributed by atoms with E-state index in [1.165, 1.54) is 36.2 Å². The van der Waals surface area contributed by atoms with Crippen molar-refractivity contribution < 1.29 is 45.4 Å². The van der Waals surface area contributed by atoms with Gasteiger partial charge >= 0.3 is 12.1 Å². The van der Waals surface area contributed by atoms with Crippen LogP contribution < -0.4 is 14.6 Å². The first kappa shape index (κ1) is 29.8. The van der Waals surface area contributed by atoms with Crippen molar-refractivity contribution in [3.05, 3.63) is 65.9 Å². The maximum Gasteiger partial charge on any atom is 0.435 e. The molecular weight excluding hydrogens is 597 g/mol. The molecule has 0 bridgehead atoms. The number of carbonyl (C=O) groups is 2. The minimum atomic E-state index is -4.69. The van der Waals surface area contributed by atoms with Crippen LogP contribution in [0.2, 0.25) is 0 Å². The fraction of sp³-hybridized carbons (Fsp3) is 0.346. The molecule has 0 radical (unpaired) electrons. The largest absolute Gasteiger partial charge is 0.435 e. The first-order valence-corrected chi connectivity index (χ1v) is 14.5. The summed E-state index contributed by atoms with van der Waals surface area (Å²) in [5.74, 6) is -1.97. The van der Waals surface area contributed by atoms with Gasteiger partial charge in [0.05, 0.1) is 28.7 Å². The number of amides is 1. The molecule has 13 nitrogen and oxygen atoms in total. The van der Waals surface area contributed by atoms with E-state index in [4.69, 9.17) is 9.47 Å². The number of aryl methyl sites for hydroxylation is 1. The van der Waals surface area contributed by atoms with Crippen molar-refractivity contribution in [1.82, 2.24) is 24.5 Å². The summed E-state index contributed by atoms with van der Waals surface area (Å²) in [6.45, 7) is 3.31. The van der Waals surface area contributed by atoms with E-state index in [1.807, 2.05) is 6.92 Å². The van der Waals surface area contributed by atoms with Crippen LogP contribution in [-0.2, 0) is 30.5 Å². The summed E-state index contributed by atoms with van der Waals surface area (Å²) in [5, 5.41) is 6.29. The molecule has 0 saturated carbocycles. The number of aromatic nitrogens is 4. The maximum atomic E-state index is 13.5. The third-order valence-electron chi connectivity index (χ3n) is 6.67. The molecule has 43 heavy (non-hydrogen) atoms. The molecule has 1 N–H and O–H groups in total. The molecule has 2 aromatic heterocycles.